The fourth-order valence-electron chi connectivity index (χ4n) is 3.11. The van der Waals surface area contributed by atoms with E-state index in [-0.39, 0.29) is 6.54 Å². The zero-order valence-corrected chi connectivity index (χ0v) is 16.0. The number of hydrogen-bond acceptors (Lipinski definition) is 5. The van der Waals surface area contributed by atoms with Gasteiger partial charge in [0, 0.05) is 12.0 Å². The Morgan fingerprint density at radius 1 is 1.22 bits per heavy atom. The van der Waals surface area contributed by atoms with E-state index in [4.69, 9.17) is 9.47 Å². The van der Waals surface area contributed by atoms with Gasteiger partial charge >= 0.3 is 6.03 Å². The number of hydrogen-bond donors (Lipinski definition) is 2. The third kappa shape index (κ3) is 3.84. The summed E-state index contributed by atoms with van der Waals surface area (Å²) in [5.41, 5.74) is -1.15. The summed E-state index contributed by atoms with van der Waals surface area (Å²) in [5, 5.41) is 5.45. The van der Waals surface area contributed by atoms with Crippen molar-refractivity contribution in [3.63, 3.8) is 0 Å². The largest absolute Gasteiger partial charge is 0.490 e. The molecule has 0 bridgehead atoms. The first kappa shape index (κ1) is 19.0. The summed E-state index contributed by atoms with van der Waals surface area (Å²) < 4.78 is 11.3. The maximum absolute atomic E-state index is 13.0. The number of fused-ring (bicyclic) bond motifs is 1. The first-order valence-corrected chi connectivity index (χ1v) is 8.95. The van der Waals surface area contributed by atoms with E-state index in [0.29, 0.717) is 30.3 Å². The van der Waals surface area contributed by atoms with Gasteiger partial charge in [-0.05, 0) is 45.4 Å². The molecule has 2 heterocycles. The monoisotopic (exact) mass is 375 g/mol. The number of imide groups is 1. The Morgan fingerprint density at radius 2 is 1.89 bits per heavy atom. The lowest BCUT2D eigenvalue weighted by Gasteiger charge is -2.24. The van der Waals surface area contributed by atoms with Crippen LogP contribution in [0.15, 0.2) is 18.2 Å². The molecule has 0 aromatic heterocycles. The molecule has 8 heteroatoms. The van der Waals surface area contributed by atoms with E-state index in [0.717, 1.165) is 11.3 Å². The Bertz CT molecular complexity index is 786. The van der Waals surface area contributed by atoms with Crippen LogP contribution in [0.25, 0.3) is 0 Å². The summed E-state index contributed by atoms with van der Waals surface area (Å²) in [6, 6.07) is 4.57. The number of nitrogens with zero attached hydrogens (tertiary/aromatic N) is 1. The molecule has 0 aliphatic carbocycles. The van der Waals surface area contributed by atoms with E-state index >= 15 is 0 Å². The van der Waals surface area contributed by atoms with Gasteiger partial charge < -0.3 is 20.1 Å². The van der Waals surface area contributed by atoms with Crippen LogP contribution in [0.3, 0.4) is 0 Å². The number of urea groups is 1. The molecule has 27 heavy (non-hydrogen) atoms. The van der Waals surface area contributed by atoms with Crippen molar-refractivity contribution >= 4 is 17.8 Å². The predicted octanol–water partition coefficient (Wildman–Crippen LogP) is 1.53. The second kappa shape index (κ2) is 6.75. The Kier molecular flexibility index (Phi) is 4.75. The second-order valence-corrected chi connectivity index (χ2v) is 7.96. The van der Waals surface area contributed by atoms with Gasteiger partial charge in [-0.1, -0.05) is 6.07 Å². The SMILES string of the molecule is CC(C)(C)NC(=O)CN1C(=O)N[C@@](C)(c2ccc3c(c2)OCCCO3)C1=O. The Labute approximate surface area is 158 Å². The van der Waals surface area contributed by atoms with Gasteiger partial charge in [0.05, 0.1) is 13.2 Å². The molecule has 0 saturated carbocycles. The minimum absolute atomic E-state index is 0.331. The molecule has 8 nitrogen and oxygen atoms in total. The standard InChI is InChI=1S/C19H25N3O5/c1-18(2,3)20-15(23)11-22-16(24)19(4,21-17(22)25)12-6-7-13-14(10-12)27-9-5-8-26-13/h6-7,10H,5,8-9,11H2,1-4H3,(H,20,23)(H,21,25)/t19-/m0/s1. The van der Waals surface area contributed by atoms with Crippen molar-refractivity contribution in [1.29, 1.82) is 0 Å². The van der Waals surface area contributed by atoms with Crippen LogP contribution in [0, 0.1) is 0 Å². The molecule has 3 rings (SSSR count). The van der Waals surface area contributed by atoms with Crippen LogP contribution in [-0.4, -0.2) is 48.0 Å². The third-order valence-corrected chi connectivity index (χ3v) is 4.42. The van der Waals surface area contributed by atoms with Gasteiger partial charge in [0.2, 0.25) is 5.91 Å². The number of amides is 4. The van der Waals surface area contributed by atoms with E-state index in [9.17, 15) is 14.4 Å². The normalized spacial score (nSPS) is 22.3. The van der Waals surface area contributed by atoms with Gasteiger partial charge in [0.1, 0.15) is 12.1 Å². The third-order valence-electron chi connectivity index (χ3n) is 4.42. The maximum Gasteiger partial charge on any atom is 0.325 e. The van der Waals surface area contributed by atoms with Crippen LogP contribution in [-0.2, 0) is 15.1 Å². The van der Waals surface area contributed by atoms with Gasteiger partial charge in [-0.15, -0.1) is 0 Å². The minimum atomic E-state index is -1.27. The fourth-order valence-corrected chi connectivity index (χ4v) is 3.11. The summed E-state index contributed by atoms with van der Waals surface area (Å²) in [6.45, 7) is 7.87. The van der Waals surface area contributed by atoms with Crippen molar-refractivity contribution in [3.8, 4) is 11.5 Å². The smallest absolute Gasteiger partial charge is 0.325 e. The van der Waals surface area contributed by atoms with Gasteiger partial charge in [-0.25, -0.2) is 4.79 Å². The zero-order chi connectivity index (χ0) is 19.8. The molecular weight excluding hydrogens is 350 g/mol. The predicted molar refractivity (Wildman–Crippen MR) is 97.5 cm³/mol. The van der Waals surface area contributed by atoms with Gasteiger partial charge in [0.25, 0.3) is 5.91 Å². The molecule has 4 amide bonds. The number of benzene rings is 1. The van der Waals surface area contributed by atoms with Crippen LogP contribution >= 0.6 is 0 Å². The Morgan fingerprint density at radius 3 is 2.56 bits per heavy atom. The van der Waals surface area contributed by atoms with Gasteiger partial charge in [-0.2, -0.15) is 0 Å². The molecule has 1 saturated heterocycles. The molecule has 1 atom stereocenters. The lowest BCUT2D eigenvalue weighted by molar-refractivity contribution is -0.135. The molecule has 146 valence electrons. The summed E-state index contributed by atoms with van der Waals surface area (Å²) >= 11 is 0. The van der Waals surface area contributed by atoms with Crippen LogP contribution < -0.4 is 20.1 Å². The van der Waals surface area contributed by atoms with Gasteiger partial charge in [0.15, 0.2) is 11.5 Å². The number of ether oxygens (including phenoxy) is 2. The zero-order valence-electron chi connectivity index (χ0n) is 16.0. The van der Waals surface area contributed by atoms with Crippen LogP contribution in [0.1, 0.15) is 39.7 Å². The van der Waals surface area contributed by atoms with Crippen molar-refractivity contribution in [3.05, 3.63) is 23.8 Å². The number of rotatable bonds is 3. The highest BCUT2D eigenvalue weighted by molar-refractivity contribution is 6.09. The van der Waals surface area contributed by atoms with Crippen molar-refractivity contribution in [2.24, 2.45) is 0 Å². The highest BCUT2D eigenvalue weighted by Crippen LogP contribution is 2.36. The lowest BCUT2D eigenvalue weighted by atomic mass is 9.91. The average molecular weight is 375 g/mol. The Hall–Kier alpha value is -2.77. The topological polar surface area (TPSA) is 97.0 Å². The number of carbonyl (C=O) groups excluding carboxylic acids is 3. The lowest BCUT2D eigenvalue weighted by Crippen LogP contribution is -2.48. The van der Waals surface area contributed by atoms with Crippen LogP contribution in [0.4, 0.5) is 4.79 Å². The average Bonchev–Trinajstić information content (AvgIpc) is 2.74. The van der Waals surface area contributed by atoms with Crippen molar-refractivity contribution < 1.29 is 23.9 Å². The summed E-state index contributed by atoms with van der Waals surface area (Å²) in [7, 11) is 0. The van der Waals surface area contributed by atoms with E-state index in [1.165, 1.54) is 0 Å². The molecule has 1 aromatic carbocycles. The minimum Gasteiger partial charge on any atom is -0.490 e. The molecule has 2 N–H and O–H groups in total. The maximum atomic E-state index is 13.0. The molecule has 0 unspecified atom stereocenters. The molecule has 1 aromatic rings. The van der Waals surface area contributed by atoms with E-state index < -0.39 is 28.9 Å². The highest BCUT2D eigenvalue weighted by atomic mass is 16.5. The second-order valence-electron chi connectivity index (χ2n) is 7.96. The van der Waals surface area contributed by atoms with Crippen molar-refractivity contribution in [1.82, 2.24) is 15.5 Å². The van der Waals surface area contributed by atoms with Crippen molar-refractivity contribution in [2.45, 2.75) is 45.2 Å². The highest BCUT2D eigenvalue weighted by Gasteiger charge is 2.49. The molecule has 2 aliphatic heterocycles. The quantitative estimate of drug-likeness (QED) is 0.781. The van der Waals surface area contributed by atoms with Crippen LogP contribution in [0.2, 0.25) is 0 Å². The summed E-state index contributed by atoms with van der Waals surface area (Å²) in [4.78, 5) is 38.4. The fraction of sp³-hybridized carbons (Fsp3) is 0.526. The van der Waals surface area contributed by atoms with Gasteiger partial charge in [-0.3, -0.25) is 14.5 Å². The molecule has 1 fully saturated rings. The molecular formula is C19H25N3O5. The first-order valence-electron chi connectivity index (χ1n) is 8.95. The Balaban J connectivity index is 1.82. The number of carbonyl (C=O) groups is 3. The summed E-state index contributed by atoms with van der Waals surface area (Å²) in [5.74, 6) is 0.273. The van der Waals surface area contributed by atoms with Crippen molar-refractivity contribution in [2.75, 3.05) is 19.8 Å². The molecule has 2 aliphatic rings. The summed E-state index contributed by atoms with van der Waals surface area (Å²) in [6.07, 6.45) is 0.771. The van der Waals surface area contributed by atoms with E-state index in [2.05, 4.69) is 10.6 Å². The van der Waals surface area contributed by atoms with E-state index in [1.807, 2.05) is 20.8 Å². The van der Waals surface area contributed by atoms with Crippen LogP contribution in [0.5, 0.6) is 11.5 Å². The van der Waals surface area contributed by atoms with E-state index in [1.54, 1.807) is 25.1 Å². The number of nitrogens with one attached hydrogen (secondary N) is 2. The first-order chi connectivity index (χ1) is 12.6. The molecule has 0 spiro atoms. The molecule has 0 radical (unpaired) electrons.